The number of anilines is 1. The first kappa shape index (κ1) is 19.8. The second kappa shape index (κ2) is 8.46. The van der Waals surface area contributed by atoms with Crippen LogP contribution in [0.3, 0.4) is 0 Å². The Kier molecular flexibility index (Phi) is 5.40. The fraction of sp³-hybridized carbons (Fsp3) is 0.143. The zero-order chi connectivity index (χ0) is 21.8. The first-order chi connectivity index (χ1) is 15.1. The van der Waals surface area contributed by atoms with Crippen LogP contribution in [0.15, 0.2) is 43.1 Å². The predicted octanol–water partition coefficient (Wildman–Crippen LogP) is 2.05. The number of aryl methyl sites for hydroxylation is 1. The van der Waals surface area contributed by atoms with Gasteiger partial charge in [-0.2, -0.15) is 4.98 Å². The van der Waals surface area contributed by atoms with Crippen LogP contribution in [0.2, 0.25) is 0 Å². The highest BCUT2D eigenvalue weighted by molar-refractivity contribution is 6.03. The van der Waals surface area contributed by atoms with Crippen molar-refractivity contribution in [1.29, 1.82) is 0 Å². The number of methoxy groups -OCH3 is 2. The van der Waals surface area contributed by atoms with Crippen LogP contribution in [0.1, 0.15) is 21.6 Å². The maximum absolute atomic E-state index is 12.6. The Labute approximate surface area is 177 Å². The minimum atomic E-state index is -0.519. The summed E-state index contributed by atoms with van der Waals surface area (Å²) in [6, 6.07) is 10.4. The van der Waals surface area contributed by atoms with E-state index in [0.29, 0.717) is 11.3 Å². The Bertz CT molecular complexity index is 1340. The molecule has 0 saturated heterocycles. The van der Waals surface area contributed by atoms with Crippen LogP contribution in [0, 0.1) is 18.9 Å². The van der Waals surface area contributed by atoms with Crippen LogP contribution < -0.4 is 14.8 Å². The van der Waals surface area contributed by atoms with E-state index in [4.69, 9.17) is 9.47 Å². The summed E-state index contributed by atoms with van der Waals surface area (Å²) < 4.78 is 12.0. The van der Waals surface area contributed by atoms with E-state index in [1.54, 1.807) is 10.9 Å². The Morgan fingerprint density at radius 1 is 1.10 bits per heavy atom. The van der Waals surface area contributed by atoms with Crippen molar-refractivity contribution in [2.24, 2.45) is 0 Å². The maximum atomic E-state index is 12.6. The predicted molar refractivity (Wildman–Crippen MR) is 112 cm³/mol. The van der Waals surface area contributed by atoms with Gasteiger partial charge in [-0.25, -0.2) is 9.97 Å². The van der Waals surface area contributed by atoms with Crippen molar-refractivity contribution < 1.29 is 14.3 Å². The quantitative estimate of drug-likeness (QED) is 0.504. The Morgan fingerprint density at radius 2 is 1.94 bits per heavy atom. The lowest BCUT2D eigenvalue weighted by Crippen LogP contribution is -2.16. The van der Waals surface area contributed by atoms with Crippen molar-refractivity contribution in [3.63, 3.8) is 0 Å². The fourth-order valence-corrected chi connectivity index (χ4v) is 2.82. The molecule has 0 spiro atoms. The summed E-state index contributed by atoms with van der Waals surface area (Å²) in [4.78, 5) is 24.8. The standard InChI is InChI=1S/C21H17N7O3/c1-13-4-5-18-15(8-13)24-12-28(18)7-6-14-9-16(26-27-20(14)30-2)19(29)25-17-10-22-11-23-21(17)31-3/h4-5,8-12H,1-3H3,(H,25,29). The van der Waals surface area contributed by atoms with Crippen LogP contribution in [0.25, 0.3) is 11.0 Å². The molecule has 1 N–H and O–H groups in total. The van der Waals surface area contributed by atoms with Gasteiger partial charge in [0.2, 0.25) is 11.8 Å². The summed E-state index contributed by atoms with van der Waals surface area (Å²) in [5.74, 6) is 2.88. The molecular weight excluding hydrogens is 398 g/mol. The van der Waals surface area contributed by atoms with E-state index in [1.807, 2.05) is 25.1 Å². The van der Waals surface area contributed by atoms with Crippen LogP contribution >= 0.6 is 0 Å². The number of fused-ring (bicyclic) bond motifs is 1. The van der Waals surface area contributed by atoms with Crippen molar-refractivity contribution in [3.8, 4) is 23.7 Å². The first-order valence-corrected chi connectivity index (χ1v) is 9.12. The molecule has 0 saturated carbocycles. The Hall–Kier alpha value is -4.52. The SMILES string of the molecule is COc1nnc(C(=O)Nc2cncnc2OC)cc1C#Cn1cnc2cc(C)ccc21. The molecule has 0 unspecified atom stereocenters. The van der Waals surface area contributed by atoms with Gasteiger partial charge < -0.3 is 14.8 Å². The number of benzene rings is 1. The normalized spacial score (nSPS) is 10.3. The summed E-state index contributed by atoms with van der Waals surface area (Å²) in [5.41, 5.74) is 3.57. The van der Waals surface area contributed by atoms with Gasteiger partial charge in [0, 0.05) is 6.04 Å². The number of nitrogens with one attached hydrogen (secondary N) is 1. The summed E-state index contributed by atoms with van der Waals surface area (Å²) in [6.45, 7) is 2.00. The largest absolute Gasteiger partial charge is 0.479 e. The van der Waals surface area contributed by atoms with E-state index in [2.05, 4.69) is 42.4 Å². The molecule has 1 amide bonds. The number of rotatable bonds is 4. The molecule has 4 rings (SSSR count). The molecule has 0 aliphatic carbocycles. The maximum Gasteiger partial charge on any atom is 0.276 e. The summed E-state index contributed by atoms with van der Waals surface area (Å²) >= 11 is 0. The minimum absolute atomic E-state index is 0.0436. The van der Waals surface area contributed by atoms with Gasteiger partial charge in [0.15, 0.2) is 5.69 Å². The van der Waals surface area contributed by atoms with Crippen molar-refractivity contribution in [2.45, 2.75) is 6.92 Å². The number of ether oxygens (including phenoxy) is 2. The van der Waals surface area contributed by atoms with Crippen LogP contribution in [-0.4, -0.2) is 49.8 Å². The average molecular weight is 415 g/mol. The molecule has 10 heteroatoms. The third-order valence-electron chi connectivity index (χ3n) is 4.32. The lowest BCUT2D eigenvalue weighted by Gasteiger charge is -2.08. The average Bonchev–Trinajstić information content (AvgIpc) is 3.19. The van der Waals surface area contributed by atoms with Gasteiger partial charge in [-0.3, -0.25) is 9.36 Å². The van der Waals surface area contributed by atoms with Gasteiger partial charge in [0.1, 0.15) is 18.3 Å². The zero-order valence-electron chi connectivity index (χ0n) is 16.9. The fourth-order valence-electron chi connectivity index (χ4n) is 2.82. The van der Waals surface area contributed by atoms with E-state index in [9.17, 15) is 4.79 Å². The van der Waals surface area contributed by atoms with Gasteiger partial charge in [0.05, 0.1) is 37.0 Å². The molecule has 0 atom stereocenters. The van der Waals surface area contributed by atoms with Crippen molar-refractivity contribution in [1.82, 2.24) is 29.7 Å². The molecule has 0 bridgehead atoms. The summed E-state index contributed by atoms with van der Waals surface area (Å²) in [6.07, 6.45) is 4.37. The molecule has 0 aliphatic heterocycles. The smallest absolute Gasteiger partial charge is 0.276 e. The molecule has 3 aromatic heterocycles. The molecule has 0 fully saturated rings. The topological polar surface area (TPSA) is 117 Å². The number of hydrogen-bond acceptors (Lipinski definition) is 8. The Morgan fingerprint density at radius 3 is 2.74 bits per heavy atom. The second-order valence-electron chi connectivity index (χ2n) is 6.40. The minimum Gasteiger partial charge on any atom is -0.479 e. The van der Waals surface area contributed by atoms with Crippen molar-refractivity contribution >= 4 is 22.6 Å². The van der Waals surface area contributed by atoms with Crippen LogP contribution in [-0.2, 0) is 0 Å². The molecule has 3 heterocycles. The first-order valence-electron chi connectivity index (χ1n) is 9.12. The number of amides is 1. The zero-order valence-corrected chi connectivity index (χ0v) is 16.9. The van der Waals surface area contributed by atoms with E-state index >= 15 is 0 Å². The number of carbonyl (C=O) groups is 1. The van der Waals surface area contributed by atoms with E-state index < -0.39 is 5.91 Å². The molecule has 1 aromatic carbocycles. The van der Waals surface area contributed by atoms with Crippen LogP contribution in [0.5, 0.6) is 11.8 Å². The van der Waals surface area contributed by atoms with Gasteiger partial charge in [-0.1, -0.05) is 6.07 Å². The summed E-state index contributed by atoms with van der Waals surface area (Å²) in [5, 5.41) is 10.5. The van der Waals surface area contributed by atoms with Gasteiger partial charge in [0.25, 0.3) is 5.91 Å². The van der Waals surface area contributed by atoms with E-state index in [1.165, 1.54) is 32.8 Å². The molecule has 4 aromatic rings. The number of carbonyl (C=O) groups excluding carboxylic acids is 1. The lowest BCUT2D eigenvalue weighted by molar-refractivity contribution is 0.102. The van der Waals surface area contributed by atoms with Gasteiger partial charge in [-0.05, 0) is 36.6 Å². The number of nitrogens with zero attached hydrogens (tertiary/aromatic N) is 6. The highest BCUT2D eigenvalue weighted by Gasteiger charge is 2.15. The molecule has 0 aliphatic rings. The molecule has 0 radical (unpaired) electrons. The molecule has 31 heavy (non-hydrogen) atoms. The number of aromatic nitrogens is 6. The highest BCUT2D eigenvalue weighted by atomic mass is 16.5. The van der Waals surface area contributed by atoms with E-state index in [0.717, 1.165) is 16.6 Å². The Balaban J connectivity index is 1.65. The van der Waals surface area contributed by atoms with E-state index in [-0.39, 0.29) is 17.5 Å². The number of imidazole rings is 1. The third kappa shape index (κ3) is 4.11. The van der Waals surface area contributed by atoms with Crippen molar-refractivity contribution in [2.75, 3.05) is 19.5 Å². The number of hydrogen-bond donors (Lipinski definition) is 1. The van der Waals surface area contributed by atoms with Gasteiger partial charge >= 0.3 is 0 Å². The molecule has 154 valence electrons. The van der Waals surface area contributed by atoms with Gasteiger partial charge in [-0.15, -0.1) is 10.2 Å². The monoisotopic (exact) mass is 415 g/mol. The van der Waals surface area contributed by atoms with Crippen LogP contribution in [0.4, 0.5) is 5.69 Å². The second-order valence-corrected chi connectivity index (χ2v) is 6.40. The molecule has 10 nitrogen and oxygen atoms in total. The summed E-state index contributed by atoms with van der Waals surface area (Å²) in [7, 11) is 2.90. The lowest BCUT2D eigenvalue weighted by atomic mass is 10.2. The van der Waals surface area contributed by atoms with Crippen molar-refractivity contribution in [3.05, 3.63) is 59.9 Å². The molecular formula is C21H17N7O3. The highest BCUT2D eigenvalue weighted by Crippen LogP contribution is 2.20. The third-order valence-corrected chi connectivity index (χ3v) is 4.32.